The first-order valence-corrected chi connectivity index (χ1v) is 11.5. The number of carbonyl (C=O) groups excluding carboxylic acids is 3. The summed E-state index contributed by atoms with van der Waals surface area (Å²) in [5, 5.41) is 10.00. The van der Waals surface area contributed by atoms with Crippen LogP contribution >= 0.6 is 11.8 Å². The lowest BCUT2D eigenvalue weighted by atomic mass is 10.1. The number of aliphatic hydroxyl groups excluding tert-OH is 1. The van der Waals surface area contributed by atoms with E-state index in [0.717, 1.165) is 11.8 Å². The van der Waals surface area contributed by atoms with Gasteiger partial charge < -0.3 is 19.3 Å². The molecule has 0 spiro atoms. The summed E-state index contributed by atoms with van der Waals surface area (Å²) in [6.07, 6.45) is -2.19. The van der Waals surface area contributed by atoms with Gasteiger partial charge in [-0.15, -0.1) is 11.8 Å². The van der Waals surface area contributed by atoms with Crippen LogP contribution in [0.25, 0.3) is 0 Å². The van der Waals surface area contributed by atoms with Crippen molar-refractivity contribution in [3.05, 3.63) is 108 Å². The van der Waals surface area contributed by atoms with Gasteiger partial charge in [-0.1, -0.05) is 54.6 Å². The Labute approximate surface area is 200 Å². The fourth-order valence-corrected chi connectivity index (χ4v) is 4.69. The van der Waals surface area contributed by atoms with Gasteiger partial charge in [0.15, 0.2) is 12.2 Å². The van der Waals surface area contributed by atoms with Gasteiger partial charge in [-0.05, 0) is 36.4 Å². The van der Waals surface area contributed by atoms with E-state index in [9.17, 15) is 19.5 Å². The molecule has 4 rings (SSSR count). The minimum atomic E-state index is -1.18. The minimum absolute atomic E-state index is 0.151. The smallest absolute Gasteiger partial charge is 0.338 e. The molecule has 1 aliphatic heterocycles. The second-order valence-corrected chi connectivity index (χ2v) is 8.86. The van der Waals surface area contributed by atoms with Gasteiger partial charge in [0, 0.05) is 0 Å². The number of rotatable bonds is 7. The number of benzene rings is 3. The Hall–Kier alpha value is -3.62. The molecule has 0 aliphatic carbocycles. The van der Waals surface area contributed by atoms with Crippen LogP contribution in [0.15, 0.2) is 91.0 Å². The first kappa shape index (κ1) is 23.5. The lowest BCUT2D eigenvalue weighted by Gasteiger charge is -2.24. The van der Waals surface area contributed by atoms with Crippen LogP contribution in [0, 0.1) is 0 Å². The molecule has 0 saturated carbocycles. The monoisotopic (exact) mass is 478 g/mol. The number of hydrogen-bond acceptors (Lipinski definition) is 8. The first-order valence-electron chi connectivity index (χ1n) is 10.6. The molecular formula is C26H22O7S. The Morgan fingerprint density at radius 3 is 1.53 bits per heavy atom. The molecule has 0 bridgehead atoms. The third-order valence-corrected chi connectivity index (χ3v) is 6.48. The number of carbonyl (C=O) groups is 3. The van der Waals surface area contributed by atoms with E-state index in [1.54, 1.807) is 91.0 Å². The van der Waals surface area contributed by atoms with Gasteiger partial charge in [-0.3, -0.25) is 0 Å². The molecule has 3 aromatic carbocycles. The van der Waals surface area contributed by atoms with E-state index in [2.05, 4.69) is 0 Å². The molecule has 1 fully saturated rings. The Balaban J connectivity index is 1.51. The van der Waals surface area contributed by atoms with Gasteiger partial charge in [0.2, 0.25) is 0 Å². The zero-order valence-corrected chi connectivity index (χ0v) is 18.8. The highest BCUT2D eigenvalue weighted by Gasteiger charge is 2.49. The molecule has 7 nitrogen and oxygen atoms in total. The summed E-state index contributed by atoms with van der Waals surface area (Å²) < 4.78 is 16.6. The maximum atomic E-state index is 12.8. The lowest BCUT2D eigenvalue weighted by molar-refractivity contribution is -0.0557. The quantitative estimate of drug-likeness (QED) is 0.405. The van der Waals surface area contributed by atoms with Crippen LogP contribution in [0.5, 0.6) is 0 Å². The molecule has 3 unspecified atom stereocenters. The van der Waals surface area contributed by atoms with Gasteiger partial charge in [0.1, 0.15) is 12.0 Å². The Kier molecular flexibility index (Phi) is 7.61. The highest BCUT2D eigenvalue weighted by atomic mass is 32.2. The molecule has 1 saturated heterocycles. The van der Waals surface area contributed by atoms with Gasteiger partial charge in [0.25, 0.3) is 0 Å². The third kappa shape index (κ3) is 5.65. The van der Waals surface area contributed by atoms with E-state index < -0.39 is 40.8 Å². The third-order valence-electron chi connectivity index (χ3n) is 5.18. The highest BCUT2D eigenvalue weighted by Crippen LogP contribution is 2.38. The molecule has 0 radical (unpaired) electrons. The molecule has 8 heteroatoms. The van der Waals surface area contributed by atoms with Crippen LogP contribution in [0.2, 0.25) is 0 Å². The molecule has 0 aromatic heterocycles. The number of esters is 3. The summed E-state index contributed by atoms with van der Waals surface area (Å²) in [4.78, 5) is 37.8. The van der Waals surface area contributed by atoms with Gasteiger partial charge in [-0.25, -0.2) is 14.4 Å². The Morgan fingerprint density at radius 2 is 1.06 bits per heavy atom. The van der Waals surface area contributed by atoms with E-state index in [1.807, 2.05) is 0 Å². The molecule has 3 aromatic rings. The molecule has 0 amide bonds. The van der Waals surface area contributed by atoms with Crippen molar-refractivity contribution in [2.24, 2.45) is 0 Å². The zero-order chi connectivity index (χ0) is 23.9. The number of ether oxygens (including phenoxy) is 3. The van der Waals surface area contributed by atoms with E-state index in [-0.39, 0.29) is 6.61 Å². The van der Waals surface area contributed by atoms with Crippen molar-refractivity contribution >= 4 is 29.7 Å². The number of aliphatic hydroxyl groups is 1. The summed E-state index contributed by atoms with van der Waals surface area (Å²) in [5.74, 6) is -1.85. The second kappa shape index (κ2) is 11.0. The number of thioether (sulfide) groups is 1. The highest BCUT2D eigenvalue weighted by molar-refractivity contribution is 8.00. The van der Waals surface area contributed by atoms with Crippen molar-refractivity contribution in [1.29, 1.82) is 0 Å². The molecule has 174 valence electrons. The average Bonchev–Trinajstić information content (AvgIpc) is 3.17. The van der Waals surface area contributed by atoms with Crippen molar-refractivity contribution < 1.29 is 33.7 Å². The standard InChI is InChI=1S/C26H22O7S/c27-23(17-10-4-1-5-11-17)31-16-20-21(32-24(28)18-12-6-2-7-13-18)22(26(30)34-20)33-25(29)19-14-8-3-9-15-19/h1-15,20-22,26,30H,16H2/t20?,21?,22-,26?/m0/s1. The molecule has 1 aliphatic rings. The summed E-state index contributed by atoms with van der Waals surface area (Å²) in [5.41, 5.74) is -0.202. The van der Waals surface area contributed by atoms with Crippen LogP contribution in [-0.4, -0.2) is 52.5 Å². The van der Waals surface area contributed by atoms with Crippen molar-refractivity contribution in [3.8, 4) is 0 Å². The molecule has 1 heterocycles. The van der Waals surface area contributed by atoms with Gasteiger partial charge >= 0.3 is 17.9 Å². The largest absolute Gasteiger partial charge is 0.461 e. The topological polar surface area (TPSA) is 99.1 Å². The summed E-state index contributed by atoms with van der Waals surface area (Å²) in [6, 6.07) is 25.1. The van der Waals surface area contributed by atoms with E-state index in [1.165, 1.54) is 0 Å². The SMILES string of the molecule is O=C(OCC1SC(O)[C@@H](OC(=O)c2ccccc2)C1OC(=O)c1ccccc1)c1ccccc1. The normalized spacial score (nSPS) is 21.4. The van der Waals surface area contributed by atoms with Crippen LogP contribution in [0.4, 0.5) is 0 Å². The summed E-state index contributed by atoms with van der Waals surface area (Å²) in [7, 11) is 0. The second-order valence-electron chi connectivity index (χ2n) is 7.50. The van der Waals surface area contributed by atoms with Crippen LogP contribution in [0.1, 0.15) is 31.1 Å². The molecule has 4 atom stereocenters. The molecule has 1 N–H and O–H groups in total. The minimum Gasteiger partial charge on any atom is -0.461 e. The Morgan fingerprint density at radius 1 is 0.647 bits per heavy atom. The average molecular weight is 479 g/mol. The summed E-state index contributed by atoms with van der Waals surface area (Å²) in [6.45, 7) is -0.151. The van der Waals surface area contributed by atoms with Crippen molar-refractivity contribution in [1.82, 2.24) is 0 Å². The van der Waals surface area contributed by atoms with Gasteiger partial charge in [0.05, 0.1) is 21.9 Å². The Bertz CT molecular complexity index is 1120. The van der Waals surface area contributed by atoms with Crippen LogP contribution < -0.4 is 0 Å². The van der Waals surface area contributed by atoms with E-state index in [4.69, 9.17) is 14.2 Å². The van der Waals surface area contributed by atoms with Crippen molar-refractivity contribution in [3.63, 3.8) is 0 Å². The van der Waals surface area contributed by atoms with Crippen molar-refractivity contribution in [2.75, 3.05) is 6.61 Å². The molecule has 34 heavy (non-hydrogen) atoms. The predicted molar refractivity (Wildman–Crippen MR) is 125 cm³/mol. The fraction of sp³-hybridized carbons (Fsp3) is 0.192. The molecular weight excluding hydrogens is 456 g/mol. The van der Waals surface area contributed by atoms with Crippen LogP contribution in [-0.2, 0) is 14.2 Å². The fourth-order valence-electron chi connectivity index (χ4n) is 3.46. The zero-order valence-electron chi connectivity index (χ0n) is 18.0. The number of hydrogen-bond donors (Lipinski definition) is 1. The lowest BCUT2D eigenvalue weighted by Crippen LogP contribution is -2.41. The van der Waals surface area contributed by atoms with E-state index >= 15 is 0 Å². The predicted octanol–water partition coefficient (Wildman–Crippen LogP) is 3.73. The maximum absolute atomic E-state index is 12.8. The van der Waals surface area contributed by atoms with Gasteiger partial charge in [-0.2, -0.15) is 0 Å². The summed E-state index contributed by atoms with van der Waals surface area (Å²) >= 11 is 1.02. The first-order chi connectivity index (χ1) is 16.5. The van der Waals surface area contributed by atoms with E-state index in [0.29, 0.717) is 16.7 Å². The van der Waals surface area contributed by atoms with Crippen LogP contribution in [0.3, 0.4) is 0 Å². The maximum Gasteiger partial charge on any atom is 0.338 e. The van der Waals surface area contributed by atoms with Crippen molar-refractivity contribution in [2.45, 2.75) is 22.9 Å².